The van der Waals surface area contributed by atoms with Gasteiger partial charge in [0.25, 0.3) is 0 Å². The highest BCUT2D eigenvalue weighted by molar-refractivity contribution is 5.16. The highest BCUT2D eigenvalue weighted by Gasteiger charge is 2.59. The first kappa shape index (κ1) is 21.6. The maximum Gasteiger partial charge on any atom is 0.184 e. The standard InChI is InChI=1S/C23H28O6/c1-2-13-23(19(25)14-24)21(28-16-18-11-7-4-8-12-18)20(22(26)29-23)27-15-17-9-5-3-6-10-17/h2-12,19-22,24-26H,1,13-16H2/t19-,20-,21-,22?,23+/m1/s1. The van der Waals surface area contributed by atoms with Gasteiger partial charge in [0.05, 0.1) is 19.8 Å². The third-order valence-electron chi connectivity index (χ3n) is 5.16. The molecule has 1 heterocycles. The Bertz CT molecular complexity index is 752. The summed E-state index contributed by atoms with van der Waals surface area (Å²) in [6, 6.07) is 19.1. The molecule has 3 N–H and O–H groups in total. The lowest BCUT2D eigenvalue weighted by Crippen LogP contribution is -2.55. The zero-order valence-electron chi connectivity index (χ0n) is 16.3. The van der Waals surface area contributed by atoms with Crippen LogP contribution in [0.3, 0.4) is 0 Å². The molecule has 2 aromatic carbocycles. The molecule has 0 saturated carbocycles. The number of ether oxygens (including phenoxy) is 3. The second kappa shape index (κ2) is 10.1. The Hall–Kier alpha value is -2.06. The molecule has 6 nitrogen and oxygen atoms in total. The van der Waals surface area contributed by atoms with Crippen molar-refractivity contribution in [2.45, 2.75) is 49.8 Å². The van der Waals surface area contributed by atoms with Crippen LogP contribution in [0.1, 0.15) is 17.5 Å². The van der Waals surface area contributed by atoms with Crippen molar-refractivity contribution in [3.05, 3.63) is 84.4 Å². The van der Waals surface area contributed by atoms with Crippen LogP contribution < -0.4 is 0 Å². The predicted molar refractivity (Wildman–Crippen MR) is 108 cm³/mol. The van der Waals surface area contributed by atoms with Crippen molar-refractivity contribution in [1.82, 2.24) is 0 Å². The van der Waals surface area contributed by atoms with E-state index in [2.05, 4.69) is 6.58 Å². The first-order valence-electron chi connectivity index (χ1n) is 9.67. The molecule has 0 radical (unpaired) electrons. The van der Waals surface area contributed by atoms with E-state index in [-0.39, 0.29) is 19.6 Å². The molecule has 0 bridgehead atoms. The molecule has 0 amide bonds. The second-order valence-corrected chi connectivity index (χ2v) is 7.13. The molecule has 6 heteroatoms. The van der Waals surface area contributed by atoms with E-state index >= 15 is 0 Å². The van der Waals surface area contributed by atoms with Gasteiger partial charge in [0.2, 0.25) is 0 Å². The molecular weight excluding hydrogens is 372 g/mol. The maximum atomic E-state index is 10.6. The van der Waals surface area contributed by atoms with Crippen molar-refractivity contribution in [1.29, 1.82) is 0 Å². The molecule has 0 aromatic heterocycles. The lowest BCUT2D eigenvalue weighted by Gasteiger charge is -2.37. The zero-order chi connectivity index (χ0) is 20.7. The van der Waals surface area contributed by atoms with Gasteiger partial charge >= 0.3 is 0 Å². The molecule has 0 aliphatic carbocycles. The van der Waals surface area contributed by atoms with Crippen molar-refractivity contribution in [2.75, 3.05) is 6.61 Å². The third kappa shape index (κ3) is 4.93. The quantitative estimate of drug-likeness (QED) is 0.530. The van der Waals surface area contributed by atoms with Gasteiger partial charge in [-0.25, -0.2) is 0 Å². The van der Waals surface area contributed by atoms with E-state index in [0.29, 0.717) is 0 Å². The number of hydrogen-bond donors (Lipinski definition) is 3. The van der Waals surface area contributed by atoms with Crippen LogP contribution in [0.5, 0.6) is 0 Å². The molecule has 5 atom stereocenters. The molecule has 1 saturated heterocycles. The summed E-state index contributed by atoms with van der Waals surface area (Å²) in [4.78, 5) is 0. The summed E-state index contributed by atoms with van der Waals surface area (Å²) < 4.78 is 17.9. The topological polar surface area (TPSA) is 88.4 Å². The van der Waals surface area contributed by atoms with Crippen LogP contribution in [0.25, 0.3) is 0 Å². The summed E-state index contributed by atoms with van der Waals surface area (Å²) >= 11 is 0. The van der Waals surface area contributed by atoms with Crippen LogP contribution in [0, 0.1) is 0 Å². The van der Waals surface area contributed by atoms with Crippen LogP contribution in [0.2, 0.25) is 0 Å². The number of benzene rings is 2. The van der Waals surface area contributed by atoms with Gasteiger partial charge in [-0.3, -0.25) is 0 Å². The molecule has 3 rings (SSSR count). The van der Waals surface area contributed by atoms with Crippen LogP contribution >= 0.6 is 0 Å². The van der Waals surface area contributed by atoms with E-state index < -0.39 is 36.8 Å². The zero-order valence-corrected chi connectivity index (χ0v) is 16.3. The van der Waals surface area contributed by atoms with E-state index in [1.54, 1.807) is 6.08 Å². The molecule has 2 aromatic rings. The van der Waals surface area contributed by atoms with Crippen molar-refractivity contribution >= 4 is 0 Å². The molecule has 1 unspecified atom stereocenters. The largest absolute Gasteiger partial charge is 0.394 e. The van der Waals surface area contributed by atoms with Crippen molar-refractivity contribution < 1.29 is 29.5 Å². The monoisotopic (exact) mass is 400 g/mol. The van der Waals surface area contributed by atoms with E-state index in [1.165, 1.54) is 0 Å². The van der Waals surface area contributed by atoms with E-state index in [1.807, 2.05) is 60.7 Å². The lowest BCUT2D eigenvalue weighted by molar-refractivity contribution is -0.207. The fourth-order valence-corrected chi connectivity index (χ4v) is 3.67. The van der Waals surface area contributed by atoms with Gasteiger partial charge in [-0.2, -0.15) is 0 Å². The number of aliphatic hydroxyl groups is 3. The molecule has 156 valence electrons. The van der Waals surface area contributed by atoms with Crippen LogP contribution in [-0.2, 0) is 27.4 Å². The van der Waals surface area contributed by atoms with Gasteiger partial charge in [-0.15, -0.1) is 6.58 Å². The van der Waals surface area contributed by atoms with Gasteiger partial charge in [-0.1, -0.05) is 66.7 Å². The fraction of sp³-hybridized carbons (Fsp3) is 0.391. The minimum Gasteiger partial charge on any atom is -0.394 e. The van der Waals surface area contributed by atoms with E-state index in [9.17, 15) is 15.3 Å². The minimum atomic E-state index is -1.37. The SMILES string of the molecule is C=CC[C@@]1([C@H](O)CO)OC(O)[C@H](OCc2ccccc2)[C@H]1OCc1ccccc1. The van der Waals surface area contributed by atoms with Gasteiger partial charge < -0.3 is 29.5 Å². The molecule has 1 fully saturated rings. The average molecular weight is 400 g/mol. The number of rotatable bonds is 10. The molecule has 1 aliphatic heterocycles. The molecule has 0 spiro atoms. The Kier molecular flexibility index (Phi) is 7.55. The summed E-state index contributed by atoms with van der Waals surface area (Å²) in [7, 11) is 0. The van der Waals surface area contributed by atoms with Crippen molar-refractivity contribution in [2.24, 2.45) is 0 Å². The Balaban J connectivity index is 1.83. The molecular formula is C23H28O6. The van der Waals surface area contributed by atoms with E-state index in [4.69, 9.17) is 14.2 Å². The Labute approximate surface area is 171 Å². The first-order valence-corrected chi connectivity index (χ1v) is 9.67. The van der Waals surface area contributed by atoms with Gasteiger partial charge in [0.15, 0.2) is 6.29 Å². The van der Waals surface area contributed by atoms with Crippen molar-refractivity contribution in [3.63, 3.8) is 0 Å². The predicted octanol–water partition coefficient (Wildman–Crippen LogP) is 2.17. The van der Waals surface area contributed by atoms with Gasteiger partial charge in [-0.05, 0) is 17.5 Å². The first-order chi connectivity index (χ1) is 14.1. The van der Waals surface area contributed by atoms with Gasteiger partial charge in [0.1, 0.15) is 23.9 Å². The van der Waals surface area contributed by atoms with E-state index in [0.717, 1.165) is 11.1 Å². The maximum absolute atomic E-state index is 10.6. The summed E-state index contributed by atoms with van der Waals surface area (Å²) in [5.41, 5.74) is 0.499. The lowest BCUT2D eigenvalue weighted by atomic mass is 9.86. The van der Waals surface area contributed by atoms with Gasteiger partial charge in [0, 0.05) is 0 Å². The number of hydrogen-bond acceptors (Lipinski definition) is 6. The van der Waals surface area contributed by atoms with Crippen LogP contribution in [0.4, 0.5) is 0 Å². The van der Waals surface area contributed by atoms with Crippen LogP contribution in [-0.4, -0.2) is 52.1 Å². The number of aliphatic hydroxyl groups excluding tert-OH is 3. The highest BCUT2D eigenvalue weighted by Crippen LogP contribution is 2.40. The smallest absolute Gasteiger partial charge is 0.184 e. The Morgan fingerprint density at radius 3 is 2.07 bits per heavy atom. The highest BCUT2D eigenvalue weighted by atomic mass is 16.7. The van der Waals surface area contributed by atoms with Crippen molar-refractivity contribution in [3.8, 4) is 0 Å². The Morgan fingerprint density at radius 1 is 1.00 bits per heavy atom. The van der Waals surface area contributed by atoms with Crippen LogP contribution in [0.15, 0.2) is 73.3 Å². The third-order valence-corrected chi connectivity index (χ3v) is 5.16. The molecule has 1 aliphatic rings. The second-order valence-electron chi connectivity index (χ2n) is 7.13. The molecule has 29 heavy (non-hydrogen) atoms. The normalized spacial score (nSPS) is 27.6. The minimum absolute atomic E-state index is 0.177. The summed E-state index contributed by atoms with van der Waals surface area (Å²) in [5, 5.41) is 30.8. The summed E-state index contributed by atoms with van der Waals surface area (Å²) in [6.07, 6.45) is -2.51. The summed E-state index contributed by atoms with van der Waals surface area (Å²) in [6.45, 7) is 3.67. The average Bonchev–Trinajstić information content (AvgIpc) is 3.03. The fourth-order valence-electron chi connectivity index (χ4n) is 3.67. The summed E-state index contributed by atoms with van der Waals surface area (Å²) in [5.74, 6) is 0. The Morgan fingerprint density at radius 2 is 1.55 bits per heavy atom.